The van der Waals surface area contributed by atoms with Gasteiger partial charge in [-0.1, -0.05) is 48.5 Å². The number of carbonyl (C=O) groups excluding carboxylic acids is 1. The summed E-state index contributed by atoms with van der Waals surface area (Å²) >= 11 is 1.44. The van der Waals surface area contributed by atoms with Crippen LogP contribution < -0.4 is 10.9 Å². The molecule has 158 valence electrons. The number of thiazole rings is 1. The van der Waals surface area contributed by atoms with E-state index < -0.39 is 11.5 Å². The van der Waals surface area contributed by atoms with Gasteiger partial charge in [-0.05, 0) is 17.7 Å². The molecule has 0 radical (unpaired) electrons. The van der Waals surface area contributed by atoms with E-state index in [2.05, 4.69) is 20.5 Å². The molecule has 5 rings (SSSR count). The van der Waals surface area contributed by atoms with Gasteiger partial charge in [0.05, 0.1) is 6.54 Å². The summed E-state index contributed by atoms with van der Waals surface area (Å²) in [6, 6.07) is 19.6. The molecule has 0 fully saturated rings. The first-order valence-corrected chi connectivity index (χ1v) is 10.8. The minimum atomic E-state index is -0.504. The number of amides is 1. The Morgan fingerprint density at radius 1 is 1.03 bits per heavy atom. The SMILES string of the molecule is O=C(NCc1nncn1-c1ccccc1)c1cnc2sc(Cc3ccccc3)cn2c1=O. The zero-order valence-electron chi connectivity index (χ0n) is 16.9. The molecule has 3 aromatic heterocycles. The second kappa shape index (κ2) is 8.56. The molecule has 0 spiro atoms. The van der Waals surface area contributed by atoms with Crippen molar-refractivity contribution < 1.29 is 4.79 Å². The molecule has 0 aliphatic heterocycles. The van der Waals surface area contributed by atoms with Crippen LogP contribution in [0.2, 0.25) is 0 Å². The Labute approximate surface area is 186 Å². The van der Waals surface area contributed by atoms with Gasteiger partial charge >= 0.3 is 0 Å². The van der Waals surface area contributed by atoms with Gasteiger partial charge in [0.15, 0.2) is 10.8 Å². The van der Waals surface area contributed by atoms with Gasteiger partial charge in [0.2, 0.25) is 0 Å². The molecule has 0 saturated heterocycles. The summed E-state index contributed by atoms with van der Waals surface area (Å²) < 4.78 is 3.22. The number of benzene rings is 2. The first kappa shape index (κ1) is 19.8. The summed E-state index contributed by atoms with van der Waals surface area (Å²) in [5.41, 5.74) is 1.62. The zero-order valence-corrected chi connectivity index (χ0v) is 17.7. The molecule has 0 aliphatic carbocycles. The van der Waals surface area contributed by atoms with Crippen molar-refractivity contribution in [3.8, 4) is 5.69 Å². The van der Waals surface area contributed by atoms with Crippen molar-refractivity contribution in [1.82, 2.24) is 29.5 Å². The zero-order chi connectivity index (χ0) is 21.9. The van der Waals surface area contributed by atoms with E-state index in [1.165, 1.54) is 21.9 Å². The predicted octanol–water partition coefficient (Wildman–Crippen LogP) is 2.86. The molecule has 0 bridgehead atoms. The molecule has 0 unspecified atom stereocenters. The van der Waals surface area contributed by atoms with Gasteiger partial charge in [0, 0.05) is 29.4 Å². The maximum Gasteiger partial charge on any atom is 0.271 e. The Balaban J connectivity index is 1.35. The van der Waals surface area contributed by atoms with E-state index in [1.54, 1.807) is 17.1 Å². The van der Waals surface area contributed by atoms with Crippen LogP contribution in [0.5, 0.6) is 0 Å². The second-order valence-electron chi connectivity index (χ2n) is 7.12. The maximum atomic E-state index is 12.9. The Bertz CT molecular complexity index is 1440. The number of fused-ring (bicyclic) bond motifs is 1. The molecular weight excluding hydrogens is 424 g/mol. The lowest BCUT2D eigenvalue weighted by Gasteiger charge is -2.07. The minimum absolute atomic E-state index is 0.0164. The number of hydrogen-bond donors (Lipinski definition) is 1. The minimum Gasteiger partial charge on any atom is -0.344 e. The van der Waals surface area contributed by atoms with Crippen molar-refractivity contribution in [3.05, 3.63) is 112 Å². The van der Waals surface area contributed by atoms with Gasteiger partial charge in [-0.2, -0.15) is 0 Å². The Morgan fingerprint density at radius 3 is 2.56 bits per heavy atom. The lowest BCUT2D eigenvalue weighted by Crippen LogP contribution is -2.31. The van der Waals surface area contributed by atoms with E-state index in [9.17, 15) is 9.59 Å². The molecule has 0 atom stereocenters. The fourth-order valence-electron chi connectivity index (χ4n) is 3.40. The number of hydrogen-bond acceptors (Lipinski definition) is 6. The van der Waals surface area contributed by atoms with Crippen LogP contribution in [0, 0.1) is 0 Å². The van der Waals surface area contributed by atoms with Crippen molar-refractivity contribution >= 4 is 22.2 Å². The number of carbonyl (C=O) groups is 1. The molecule has 0 aliphatic rings. The molecule has 1 amide bonds. The van der Waals surface area contributed by atoms with Crippen LogP contribution in [0.4, 0.5) is 0 Å². The average Bonchev–Trinajstić information content (AvgIpc) is 3.46. The largest absolute Gasteiger partial charge is 0.344 e. The van der Waals surface area contributed by atoms with E-state index in [0.29, 0.717) is 17.2 Å². The first-order chi connectivity index (χ1) is 15.7. The summed E-state index contributed by atoms with van der Waals surface area (Å²) in [4.78, 5) is 31.5. The van der Waals surface area contributed by atoms with Crippen molar-refractivity contribution in [2.24, 2.45) is 0 Å². The topological polar surface area (TPSA) is 94.2 Å². The van der Waals surface area contributed by atoms with E-state index in [1.807, 2.05) is 60.7 Å². The van der Waals surface area contributed by atoms with Crippen molar-refractivity contribution in [3.63, 3.8) is 0 Å². The van der Waals surface area contributed by atoms with E-state index in [0.717, 1.165) is 16.1 Å². The lowest BCUT2D eigenvalue weighted by molar-refractivity contribution is 0.0947. The van der Waals surface area contributed by atoms with Crippen molar-refractivity contribution in [2.75, 3.05) is 0 Å². The summed E-state index contributed by atoms with van der Waals surface area (Å²) in [7, 11) is 0. The highest BCUT2D eigenvalue weighted by atomic mass is 32.1. The average molecular weight is 443 g/mol. The summed E-state index contributed by atoms with van der Waals surface area (Å²) in [5.74, 6) is 0.0506. The standard InChI is InChI=1S/C23H18N6O2S/c30-21(24-13-20-27-26-15-29(20)17-9-5-2-6-10-17)19-12-25-23-28(22(19)31)14-18(32-23)11-16-7-3-1-4-8-16/h1-10,12,14-15H,11,13H2,(H,24,30). The Morgan fingerprint density at radius 2 is 1.78 bits per heavy atom. The Hall–Kier alpha value is -4.11. The molecule has 2 aromatic carbocycles. The van der Waals surface area contributed by atoms with Crippen molar-refractivity contribution in [1.29, 1.82) is 0 Å². The monoisotopic (exact) mass is 442 g/mol. The van der Waals surface area contributed by atoms with Gasteiger partial charge in [-0.15, -0.1) is 21.5 Å². The number of rotatable bonds is 6. The van der Waals surface area contributed by atoms with Crippen LogP contribution in [0.15, 0.2) is 84.2 Å². The molecule has 0 saturated carbocycles. The smallest absolute Gasteiger partial charge is 0.271 e. The highest BCUT2D eigenvalue weighted by Gasteiger charge is 2.16. The highest BCUT2D eigenvalue weighted by Crippen LogP contribution is 2.18. The summed E-state index contributed by atoms with van der Waals surface area (Å²) in [6.07, 6.45) is 5.37. The molecule has 8 nitrogen and oxygen atoms in total. The molecule has 9 heteroatoms. The van der Waals surface area contributed by atoms with E-state index >= 15 is 0 Å². The van der Waals surface area contributed by atoms with Crippen molar-refractivity contribution in [2.45, 2.75) is 13.0 Å². The number of para-hydroxylation sites is 1. The van der Waals surface area contributed by atoms with Crippen LogP contribution in [0.25, 0.3) is 10.6 Å². The molecular formula is C23H18N6O2S. The van der Waals surface area contributed by atoms with Gasteiger partial charge in [-0.25, -0.2) is 4.98 Å². The third kappa shape index (κ3) is 3.93. The lowest BCUT2D eigenvalue weighted by atomic mass is 10.1. The van der Waals surface area contributed by atoms with Crippen LogP contribution in [0.3, 0.4) is 0 Å². The van der Waals surface area contributed by atoms with Crippen LogP contribution >= 0.6 is 11.3 Å². The third-order valence-electron chi connectivity index (χ3n) is 4.98. The maximum absolute atomic E-state index is 12.9. The van der Waals surface area contributed by atoms with Crippen LogP contribution in [-0.4, -0.2) is 30.1 Å². The van der Waals surface area contributed by atoms with Crippen LogP contribution in [-0.2, 0) is 13.0 Å². The normalized spacial score (nSPS) is 11.0. The summed E-state index contributed by atoms with van der Waals surface area (Å²) in [6.45, 7) is 0.124. The highest BCUT2D eigenvalue weighted by molar-refractivity contribution is 7.17. The van der Waals surface area contributed by atoms with Crippen LogP contribution in [0.1, 0.15) is 26.6 Å². The first-order valence-electron chi connectivity index (χ1n) is 9.95. The van der Waals surface area contributed by atoms with Gasteiger partial charge in [-0.3, -0.25) is 18.6 Å². The van der Waals surface area contributed by atoms with E-state index in [4.69, 9.17) is 0 Å². The van der Waals surface area contributed by atoms with Gasteiger partial charge in [0.25, 0.3) is 11.5 Å². The number of nitrogens with zero attached hydrogens (tertiary/aromatic N) is 5. The van der Waals surface area contributed by atoms with Gasteiger partial charge in [0.1, 0.15) is 11.9 Å². The fraction of sp³-hybridized carbons (Fsp3) is 0.0870. The Kier molecular flexibility index (Phi) is 5.30. The summed E-state index contributed by atoms with van der Waals surface area (Å²) in [5, 5.41) is 10.8. The molecule has 5 aromatic rings. The second-order valence-corrected chi connectivity index (χ2v) is 8.22. The van der Waals surface area contributed by atoms with E-state index in [-0.39, 0.29) is 12.1 Å². The predicted molar refractivity (Wildman–Crippen MR) is 121 cm³/mol. The molecule has 3 heterocycles. The molecule has 1 N–H and O–H groups in total. The van der Waals surface area contributed by atoms with Gasteiger partial charge < -0.3 is 5.32 Å². The molecule has 32 heavy (non-hydrogen) atoms. The third-order valence-corrected chi connectivity index (χ3v) is 5.98. The quantitative estimate of drug-likeness (QED) is 0.436. The number of nitrogens with one attached hydrogen (secondary N) is 1. The fourth-order valence-corrected chi connectivity index (χ4v) is 4.37. The number of aromatic nitrogens is 5.